The van der Waals surface area contributed by atoms with Crippen molar-refractivity contribution >= 4 is 21.4 Å². The molecule has 4 aromatic rings. The second-order valence-corrected chi connectivity index (χ2v) is 11.4. The second kappa shape index (κ2) is 10.2. The number of hydrogen-bond acceptors (Lipinski definition) is 8. The summed E-state index contributed by atoms with van der Waals surface area (Å²) in [5, 5.41) is 13.8. The molecule has 0 saturated heterocycles. The summed E-state index contributed by atoms with van der Waals surface area (Å²) in [5.74, 6) is 0.373. The number of ether oxygens (including phenoxy) is 1. The van der Waals surface area contributed by atoms with Crippen molar-refractivity contribution in [3.05, 3.63) is 58.8 Å². The molecule has 2 N–H and O–H groups in total. The molecule has 0 bridgehead atoms. The normalized spacial score (nSPS) is 12.3. The van der Waals surface area contributed by atoms with Crippen molar-refractivity contribution in [1.82, 2.24) is 30.3 Å². The van der Waals surface area contributed by atoms with Gasteiger partial charge in [-0.05, 0) is 68.3 Å². The lowest BCUT2D eigenvalue weighted by Crippen LogP contribution is -2.30. The van der Waals surface area contributed by atoms with Gasteiger partial charge in [0.05, 0.1) is 16.1 Å². The third kappa shape index (κ3) is 5.97. The number of aromatic amines is 1. The van der Waals surface area contributed by atoms with Crippen LogP contribution in [0.15, 0.2) is 40.7 Å². The summed E-state index contributed by atoms with van der Waals surface area (Å²) in [6, 6.07) is 8.13. The van der Waals surface area contributed by atoms with E-state index in [2.05, 4.69) is 30.3 Å². The molecule has 0 aliphatic heterocycles. The smallest absolute Gasteiger partial charge is 0.416 e. The highest BCUT2D eigenvalue weighted by atomic mass is 32.2. The third-order valence-electron chi connectivity index (χ3n) is 5.28. The highest BCUT2D eigenvalue weighted by molar-refractivity contribution is 7.91. The van der Waals surface area contributed by atoms with Gasteiger partial charge in [-0.2, -0.15) is 18.4 Å². The summed E-state index contributed by atoms with van der Waals surface area (Å²) in [7, 11) is -3.88. The van der Waals surface area contributed by atoms with Crippen molar-refractivity contribution in [2.75, 3.05) is 0 Å². The number of sulfonamides is 1. The number of thiazole rings is 1. The molecule has 0 amide bonds. The molecule has 0 fully saturated rings. The number of aromatic nitrogens is 5. The Morgan fingerprint density at radius 3 is 2.51 bits per heavy atom. The molecule has 196 valence electrons. The molecule has 9 nitrogen and oxygen atoms in total. The first-order chi connectivity index (χ1) is 17.3. The van der Waals surface area contributed by atoms with Gasteiger partial charge in [0.1, 0.15) is 12.4 Å². The van der Waals surface area contributed by atoms with Gasteiger partial charge in [0, 0.05) is 17.2 Å². The Morgan fingerprint density at radius 2 is 1.89 bits per heavy atom. The largest absolute Gasteiger partial charge is 0.488 e. The Morgan fingerprint density at radius 1 is 1.14 bits per heavy atom. The average Bonchev–Trinajstić information content (AvgIpc) is 3.47. The number of alkyl halides is 3. The minimum atomic E-state index is -4.59. The predicted molar refractivity (Wildman–Crippen MR) is 131 cm³/mol. The summed E-state index contributed by atoms with van der Waals surface area (Å²) >= 11 is 0.869. The molecule has 0 unspecified atom stereocenters. The van der Waals surface area contributed by atoms with Crippen molar-refractivity contribution in [3.63, 3.8) is 0 Å². The zero-order valence-corrected chi connectivity index (χ0v) is 21.8. The highest BCUT2D eigenvalue weighted by Crippen LogP contribution is 2.41. The number of tetrazole rings is 1. The molecular formula is C23H23F3N6O3S2. The van der Waals surface area contributed by atoms with Gasteiger partial charge in [-0.3, -0.25) is 0 Å². The maximum Gasteiger partial charge on any atom is 0.416 e. The van der Waals surface area contributed by atoms with Crippen LogP contribution in [0, 0.1) is 13.8 Å². The molecule has 0 saturated carbocycles. The molecule has 0 radical (unpaired) electrons. The van der Waals surface area contributed by atoms with Gasteiger partial charge >= 0.3 is 6.18 Å². The first kappa shape index (κ1) is 26.7. The minimum Gasteiger partial charge on any atom is -0.488 e. The number of nitrogens with zero attached hydrogens (tertiary/aromatic N) is 4. The van der Waals surface area contributed by atoms with E-state index in [1.807, 2.05) is 13.0 Å². The van der Waals surface area contributed by atoms with Crippen LogP contribution in [0.4, 0.5) is 13.2 Å². The molecule has 0 aliphatic carbocycles. The number of benzene rings is 2. The Hall–Kier alpha value is -3.36. The van der Waals surface area contributed by atoms with E-state index in [0.717, 1.165) is 40.2 Å². The van der Waals surface area contributed by atoms with Crippen molar-refractivity contribution in [2.45, 2.75) is 50.9 Å². The average molecular weight is 553 g/mol. The van der Waals surface area contributed by atoms with Crippen LogP contribution in [0.5, 0.6) is 5.75 Å². The number of hydrogen-bond donors (Lipinski definition) is 2. The van der Waals surface area contributed by atoms with Crippen LogP contribution in [0.25, 0.3) is 21.8 Å². The van der Waals surface area contributed by atoms with Gasteiger partial charge in [-0.25, -0.2) is 18.1 Å². The lowest BCUT2D eigenvalue weighted by atomic mass is 10.0. The number of H-pyrrole nitrogens is 1. The monoisotopic (exact) mass is 552 g/mol. The summed E-state index contributed by atoms with van der Waals surface area (Å²) < 4.78 is 73.9. The van der Waals surface area contributed by atoms with Crippen LogP contribution in [0.3, 0.4) is 0 Å². The van der Waals surface area contributed by atoms with E-state index >= 15 is 0 Å². The first-order valence-corrected chi connectivity index (χ1v) is 13.3. The van der Waals surface area contributed by atoms with E-state index < -0.39 is 21.8 Å². The number of rotatable bonds is 8. The minimum absolute atomic E-state index is 0.0232. The van der Waals surface area contributed by atoms with Gasteiger partial charge in [-0.1, -0.05) is 12.1 Å². The van der Waals surface area contributed by atoms with Crippen molar-refractivity contribution in [1.29, 1.82) is 0 Å². The summed E-state index contributed by atoms with van der Waals surface area (Å²) in [4.78, 5) is 4.56. The molecule has 2 heterocycles. The van der Waals surface area contributed by atoms with E-state index in [0.29, 0.717) is 22.0 Å². The van der Waals surface area contributed by atoms with Crippen molar-refractivity contribution in [2.24, 2.45) is 0 Å². The van der Waals surface area contributed by atoms with Gasteiger partial charge in [0.2, 0.25) is 10.2 Å². The summed E-state index contributed by atoms with van der Waals surface area (Å²) in [6.45, 7) is 6.77. The molecule has 2 aromatic carbocycles. The lowest BCUT2D eigenvalue weighted by molar-refractivity contribution is -0.137. The summed E-state index contributed by atoms with van der Waals surface area (Å²) in [6.07, 6.45) is -4.59. The van der Waals surface area contributed by atoms with E-state index in [1.54, 1.807) is 32.9 Å². The Kier molecular flexibility index (Phi) is 7.35. The van der Waals surface area contributed by atoms with Crippen LogP contribution in [0.1, 0.15) is 36.2 Å². The fourth-order valence-electron chi connectivity index (χ4n) is 3.54. The molecule has 0 aliphatic rings. The Labute approximate surface area is 215 Å². The van der Waals surface area contributed by atoms with Gasteiger partial charge in [0.25, 0.3) is 10.0 Å². The SMILES string of the molecule is Cc1cc(-c2nn[nH]n2)ccc1COc1cc(C(F)(F)F)ccc1-c1sc(S(=O)(=O)NC(C)C)nc1C. The van der Waals surface area contributed by atoms with Gasteiger partial charge in [0.15, 0.2) is 0 Å². The number of halogens is 3. The van der Waals surface area contributed by atoms with E-state index in [-0.39, 0.29) is 22.7 Å². The molecule has 0 spiro atoms. The predicted octanol–water partition coefficient (Wildman–Crippen LogP) is 4.89. The van der Waals surface area contributed by atoms with Crippen LogP contribution in [-0.4, -0.2) is 40.1 Å². The maximum absolute atomic E-state index is 13.5. The first-order valence-electron chi connectivity index (χ1n) is 11.0. The van der Waals surface area contributed by atoms with E-state index in [4.69, 9.17) is 4.74 Å². The summed E-state index contributed by atoms with van der Waals surface area (Å²) in [5.41, 5.74) is 2.07. The van der Waals surface area contributed by atoms with Crippen LogP contribution >= 0.6 is 11.3 Å². The third-order valence-corrected chi connectivity index (χ3v) is 8.51. The standard InChI is InChI=1S/C23H23F3N6O3S2/c1-12(2)30-37(33,34)22-27-14(4)20(36-22)18-8-7-17(23(24,25)26)10-19(18)35-11-16-6-5-15(9-13(16)3)21-28-31-32-29-21/h5-10,12,30H,11H2,1-4H3,(H,28,29,31,32). The Bertz CT molecular complexity index is 1520. The fraction of sp³-hybridized carbons (Fsp3) is 0.304. The lowest BCUT2D eigenvalue weighted by Gasteiger charge is -2.15. The zero-order chi connectivity index (χ0) is 27.0. The van der Waals surface area contributed by atoms with Crippen LogP contribution in [0.2, 0.25) is 0 Å². The molecule has 4 rings (SSSR count). The van der Waals surface area contributed by atoms with Crippen LogP contribution in [-0.2, 0) is 22.8 Å². The fourth-order valence-corrected chi connectivity index (χ4v) is 6.18. The highest BCUT2D eigenvalue weighted by Gasteiger charge is 2.32. The van der Waals surface area contributed by atoms with Crippen molar-refractivity contribution in [3.8, 4) is 27.6 Å². The molecule has 2 aromatic heterocycles. The quantitative estimate of drug-likeness (QED) is 0.319. The second-order valence-electron chi connectivity index (χ2n) is 8.54. The van der Waals surface area contributed by atoms with Crippen molar-refractivity contribution < 1.29 is 26.3 Å². The van der Waals surface area contributed by atoms with Gasteiger partial charge in [-0.15, -0.1) is 21.5 Å². The number of nitrogens with one attached hydrogen (secondary N) is 2. The van der Waals surface area contributed by atoms with Crippen LogP contribution < -0.4 is 9.46 Å². The molecule has 14 heteroatoms. The van der Waals surface area contributed by atoms with Gasteiger partial charge < -0.3 is 4.74 Å². The zero-order valence-electron chi connectivity index (χ0n) is 20.2. The molecular weight excluding hydrogens is 529 g/mol. The maximum atomic E-state index is 13.5. The number of aryl methyl sites for hydroxylation is 2. The molecule has 0 atom stereocenters. The molecule has 37 heavy (non-hydrogen) atoms. The van der Waals surface area contributed by atoms with E-state index in [1.165, 1.54) is 6.07 Å². The van der Waals surface area contributed by atoms with E-state index in [9.17, 15) is 21.6 Å². The Balaban J connectivity index is 1.69. The topological polar surface area (TPSA) is 123 Å².